The van der Waals surface area contributed by atoms with Crippen molar-refractivity contribution in [2.75, 3.05) is 9.80 Å². The molecule has 0 aromatic heterocycles. The van der Waals surface area contributed by atoms with Crippen LogP contribution in [0.15, 0.2) is 261 Å². The van der Waals surface area contributed by atoms with Gasteiger partial charge in [-0.25, -0.2) is 0 Å². The molecular weight excluding hydrogens is 928 g/mol. The third-order valence-electron chi connectivity index (χ3n) is 16.1. The van der Waals surface area contributed by atoms with Crippen molar-refractivity contribution in [3.05, 3.63) is 272 Å². The molecule has 3 heteroatoms. The summed E-state index contributed by atoms with van der Waals surface area (Å²) in [6, 6.07) is 97.5. The van der Waals surface area contributed by atoms with Crippen molar-refractivity contribution in [3.63, 3.8) is 0 Å². The zero-order chi connectivity index (χ0) is 52.4. The molecule has 0 spiro atoms. The molecule has 0 saturated carbocycles. The molecule has 2 aliphatic rings. The largest absolute Gasteiger partial charge is 0.311 e. The third-order valence-corrected chi connectivity index (χ3v) is 16.1. The van der Waals surface area contributed by atoms with Gasteiger partial charge in [-0.2, -0.15) is 0 Å². The van der Waals surface area contributed by atoms with Gasteiger partial charge in [0, 0.05) is 33.9 Å². The molecule has 0 saturated heterocycles. The summed E-state index contributed by atoms with van der Waals surface area (Å²) >= 11 is 0. The Bertz CT molecular complexity index is 3740. The molecule has 11 aromatic rings. The minimum atomic E-state index is -0.0741. The van der Waals surface area contributed by atoms with E-state index in [1.54, 1.807) is 0 Å². The second kappa shape index (κ2) is 19.0. The molecular formula is C74H61BN2. The van der Waals surface area contributed by atoms with Gasteiger partial charge in [-0.15, -0.1) is 0 Å². The summed E-state index contributed by atoms with van der Waals surface area (Å²) in [4.78, 5) is 5.14. The molecule has 370 valence electrons. The quantitative estimate of drug-likeness (QED) is 0.140. The summed E-state index contributed by atoms with van der Waals surface area (Å²) in [5.74, 6) is 0. The van der Waals surface area contributed by atoms with Crippen molar-refractivity contribution in [1.29, 1.82) is 0 Å². The Morgan fingerprint density at radius 1 is 0.247 bits per heavy atom. The van der Waals surface area contributed by atoms with E-state index in [-0.39, 0.29) is 17.5 Å². The van der Waals surface area contributed by atoms with Gasteiger partial charge in [0.25, 0.3) is 6.71 Å². The summed E-state index contributed by atoms with van der Waals surface area (Å²) in [5, 5.41) is 0. The van der Waals surface area contributed by atoms with Gasteiger partial charge in [-0.3, -0.25) is 0 Å². The van der Waals surface area contributed by atoms with Crippen molar-refractivity contribution in [1.82, 2.24) is 0 Å². The minimum Gasteiger partial charge on any atom is -0.311 e. The van der Waals surface area contributed by atoms with Crippen molar-refractivity contribution in [2.45, 2.75) is 52.4 Å². The van der Waals surface area contributed by atoms with E-state index in [0.29, 0.717) is 0 Å². The Morgan fingerprint density at radius 2 is 0.545 bits per heavy atom. The Hall–Kier alpha value is -8.92. The molecule has 0 N–H and O–H groups in total. The van der Waals surface area contributed by atoms with E-state index in [1.165, 1.54) is 117 Å². The normalized spacial score (nSPS) is 12.7. The zero-order valence-corrected chi connectivity index (χ0v) is 44.8. The topological polar surface area (TPSA) is 6.48 Å². The van der Waals surface area contributed by atoms with E-state index in [4.69, 9.17) is 0 Å². The number of fused-ring (bicyclic) bond motifs is 4. The van der Waals surface area contributed by atoms with E-state index in [0.717, 1.165) is 11.4 Å². The maximum Gasteiger partial charge on any atom is 0.252 e. The van der Waals surface area contributed by atoms with Crippen LogP contribution in [0.25, 0.3) is 66.8 Å². The van der Waals surface area contributed by atoms with Crippen LogP contribution in [-0.2, 0) is 10.8 Å². The first kappa shape index (κ1) is 47.8. The van der Waals surface area contributed by atoms with Crippen LogP contribution < -0.4 is 26.2 Å². The smallest absolute Gasteiger partial charge is 0.252 e. The molecule has 0 bridgehead atoms. The summed E-state index contributed by atoms with van der Waals surface area (Å²) < 4.78 is 0. The molecule has 11 aromatic carbocycles. The summed E-state index contributed by atoms with van der Waals surface area (Å²) in [6.45, 7) is 13.6. The lowest BCUT2D eigenvalue weighted by atomic mass is 9.33. The van der Waals surface area contributed by atoms with Gasteiger partial charge in [0.1, 0.15) is 0 Å². The molecule has 0 aliphatic carbocycles. The highest BCUT2D eigenvalue weighted by Crippen LogP contribution is 2.50. The molecule has 0 radical (unpaired) electrons. The number of hydrogen-bond donors (Lipinski definition) is 0. The first-order valence-corrected chi connectivity index (χ1v) is 27.2. The lowest BCUT2D eigenvalue weighted by Gasteiger charge is -2.45. The van der Waals surface area contributed by atoms with Gasteiger partial charge in [0.15, 0.2) is 0 Å². The molecule has 13 rings (SSSR count). The van der Waals surface area contributed by atoms with Gasteiger partial charge in [-0.1, -0.05) is 266 Å². The fourth-order valence-electron chi connectivity index (χ4n) is 12.1. The van der Waals surface area contributed by atoms with E-state index < -0.39 is 0 Å². The van der Waals surface area contributed by atoms with Gasteiger partial charge in [-0.05, 0) is 130 Å². The van der Waals surface area contributed by atoms with Crippen LogP contribution in [0.1, 0.15) is 52.7 Å². The second-order valence-corrected chi connectivity index (χ2v) is 22.9. The van der Waals surface area contributed by atoms with E-state index in [9.17, 15) is 0 Å². The minimum absolute atomic E-state index is 0.0667. The van der Waals surface area contributed by atoms with Crippen LogP contribution in [-0.4, -0.2) is 6.71 Å². The second-order valence-electron chi connectivity index (χ2n) is 22.9. The van der Waals surface area contributed by atoms with Crippen LogP contribution in [0.2, 0.25) is 0 Å². The molecule has 0 amide bonds. The van der Waals surface area contributed by atoms with Crippen LogP contribution >= 0.6 is 0 Å². The monoisotopic (exact) mass is 988 g/mol. The van der Waals surface area contributed by atoms with Crippen LogP contribution in [0.5, 0.6) is 0 Å². The Kier molecular flexibility index (Phi) is 11.8. The van der Waals surface area contributed by atoms with E-state index in [2.05, 4.69) is 312 Å². The molecule has 2 nitrogen and oxygen atoms in total. The number of para-hydroxylation sites is 2. The van der Waals surface area contributed by atoms with Crippen molar-refractivity contribution in [3.8, 4) is 66.8 Å². The molecule has 2 heterocycles. The van der Waals surface area contributed by atoms with Gasteiger partial charge in [0.2, 0.25) is 0 Å². The molecule has 0 atom stereocenters. The number of anilines is 6. The number of hydrogen-bond acceptors (Lipinski definition) is 2. The highest BCUT2D eigenvalue weighted by atomic mass is 15.2. The third kappa shape index (κ3) is 8.48. The number of benzene rings is 11. The molecule has 77 heavy (non-hydrogen) atoms. The maximum atomic E-state index is 2.57. The SMILES string of the molecule is CC(C)(C)c1ccc(-c2ccccc2-c2ccc3c(c2)N(c2ccccc2-c2ccccc2)c2cccc4c2B3c2ccc(-c3ccccc3-c3ccc(C(C)(C)C)cc3)cc2N4c2ccccc2-c2ccccc2)cc1. The fourth-order valence-corrected chi connectivity index (χ4v) is 12.1. The Balaban J connectivity index is 1.06. The summed E-state index contributed by atoms with van der Waals surface area (Å²) in [5.41, 5.74) is 28.0. The average molecular weight is 989 g/mol. The molecule has 0 fully saturated rings. The average Bonchev–Trinajstić information content (AvgIpc) is 3.49. The predicted molar refractivity (Wildman–Crippen MR) is 330 cm³/mol. The van der Waals surface area contributed by atoms with Gasteiger partial charge in [0.05, 0.1) is 11.4 Å². The van der Waals surface area contributed by atoms with E-state index >= 15 is 0 Å². The number of rotatable bonds is 8. The first-order valence-electron chi connectivity index (χ1n) is 27.2. The highest BCUT2D eigenvalue weighted by molar-refractivity contribution is 7.00. The highest BCUT2D eigenvalue weighted by Gasteiger charge is 2.44. The van der Waals surface area contributed by atoms with Crippen LogP contribution in [0.3, 0.4) is 0 Å². The summed E-state index contributed by atoms with van der Waals surface area (Å²) in [6.07, 6.45) is 0. The van der Waals surface area contributed by atoms with Crippen molar-refractivity contribution < 1.29 is 0 Å². The van der Waals surface area contributed by atoms with Crippen molar-refractivity contribution in [2.24, 2.45) is 0 Å². The van der Waals surface area contributed by atoms with Crippen molar-refractivity contribution >= 4 is 57.2 Å². The Labute approximate surface area is 455 Å². The summed E-state index contributed by atoms with van der Waals surface area (Å²) in [7, 11) is 0. The van der Waals surface area contributed by atoms with Crippen LogP contribution in [0.4, 0.5) is 34.1 Å². The van der Waals surface area contributed by atoms with E-state index in [1.807, 2.05) is 0 Å². The Morgan fingerprint density at radius 3 is 0.922 bits per heavy atom. The molecule has 0 unspecified atom stereocenters. The lowest BCUT2D eigenvalue weighted by molar-refractivity contribution is 0.590. The lowest BCUT2D eigenvalue weighted by Crippen LogP contribution is -2.61. The van der Waals surface area contributed by atoms with Gasteiger partial charge >= 0.3 is 0 Å². The van der Waals surface area contributed by atoms with Crippen LogP contribution in [0, 0.1) is 0 Å². The predicted octanol–water partition coefficient (Wildman–Crippen LogP) is 18.4. The number of nitrogens with zero attached hydrogens (tertiary/aromatic N) is 2. The maximum absolute atomic E-state index is 2.57. The first-order chi connectivity index (χ1) is 37.5. The molecule has 2 aliphatic heterocycles. The fraction of sp³-hybridized carbons (Fsp3) is 0.108. The zero-order valence-electron chi connectivity index (χ0n) is 44.8. The van der Waals surface area contributed by atoms with Gasteiger partial charge < -0.3 is 9.80 Å². The standard InChI is InChI=1S/C74H61BN2/c1-73(2,3)56-42-36-52(37-43-56)58-26-13-15-28-60(58)54-40-46-64-70(48-54)76(66-32-19-17-30-62(66)50-22-9-7-10-23-50)68-34-21-35-69-72(68)75(64)65-47-41-55(61-29-16-14-27-59(61)53-38-44-57(45-39-53)74(4,5)6)49-71(65)77(69)67-33-20-18-31-63(67)51-24-11-8-12-25-51/h7-49H,1-6H3.